The molecule has 3 aromatic rings. The summed E-state index contributed by atoms with van der Waals surface area (Å²) in [6.45, 7) is 3.40. The van der Waals surface area contributed by atoms with Crippen LogP contribution < -0.4 is 26.0 Å². The lowest BCUT2D eigenvalue weighted by atomic mass is 10.1. The third-order valence-corrected chi connectivity index (χ3v) is 4.74. The number of nitrogens with zero attached hydrogens (tertiary/aromatic N) is 4. The molecule has 10 heteroatoms. The zero-order chi connectivity index (χ0) is 22.2. The Balaban J connectivity index is 1.65. The molecular formula is C21H21N7O3. The molecule has 0 spiro atoms. The van der Waals surface area contributed by atoms with E-state index in [1.807, 2.05) is 6.07 Å². The van der Waals surface area contributed by atoms with Gasteiger partial charge in [0.1, 0.15) is 17.1 Å². The van der Waals surface area contributed by atoms with Crippen LogP contribution in [0.5, 0.6) is 5.75 Å². The van der Waals surface area contributed by atoms with Crippen molar-refractivity contribution in [1.29, 1.82) is 0 Å². The number of carbonyl (C=O) groups excluding carboxylic acids is 2. The summed E-state index contributed by atoms with van der Waals surface area (Å²) in [7, 11) is 1.73. The molecule has 0 saturated heterocycles. The Kier molecular flexibility index (Phi) is 4.90. The van der Waals surface area contributed by atoms with Gasteiger partial charge < -0.3 is 26.0 Å². The molecule has 1 aromatic carbocycles. The van der Waals surface area contributed by atoms with Gasteiger partial charge in [0.25, 0.3) is 11.8 Å². The Hall–Kier alpha value is -4.21. The monoisotopic (exact) mass is 419 g/mol. The summed E-state index contributed by atoms with van der Waals surface area (Å²) in [6, 6.07) is 10.6. The second-order valence-electron chi connectivity index (χ2n) is 7.44. The highest BCUT2D eigenvalue weighted by Gasteiger charge is 2.35. The molecule has 3 heterocycles. The van der Waals surface area contributed by atoms with Crippen LogP contribution in [0.4, 0.5) is 29.0 Å². The van der Waals surface area contributed by atoms with Gasteiger partial charge in [-0.2, -0.15) is 4.98 Å². The van der Waals surface area contributed by atoms with Gasteiger partial charge in [0, 0.05) is 25.1 Å². The highest BCUT2D eigenvalue weighted by atomic mass is 16.5. The summed E-state index contributed by atoms with van der Waals surface area (Å²) in [6.07, 6.45) is 3.00. The lowest BCUT2D eigenvalue weighted by Gasteiger charge is -2.31. The Bertz CT molecular complexity index is 1160. The average molecular weight is 419 g/mol. The molecule has 4 rings (SSSR count). The standard InChI is InChI=1S/C21H21N7O3/c1-21(2)19(30)26-14-10-12(7-8-15(14)31-21)25-20-24-11-13(17(22)29)18(27-20)28(3)16-6-4-5-9-23-16/h4-11H,1-3H3,(H2,22,29)(H,26,30)(H,24,25,27). The predicted octanol–water partition coefficient (Wildman–Crippen LogP) is 2.59. The number of benzene rings is 1. The Morgan fingerprint density at radius 3 is 2.74 bits per heavy atom. The second kappa shape index (κ2) is 7.56. The van der Waals surface area contributed by atoms with Crippen LogP contribution in [0.3, 0.4) is 0 Å². The number of pyridine rings is 1. The molecule has 1 aliphatic rings. The van der Waals surface area contributed by atoms with Crippen molar-refractivity contribution in [3.05, 3.63) is 54.4 Å². The van der Waals surface area contributed by atoms with Crippen LogP contribution in [0.1, 0.15) is 24.2 Å². The molecule has 31 heavy (non-hydrogen) atoms. The number of amides is 2. The summed E-state index contributed by atoms with van der Waals surface area (Å²) >= 11 is 0. The normalized spacial score (nSPS) is 14.1. The van der Waals surface area contributed by atoms with Gasteiger partial charge in [-0.25, -0.2) is 9.97 Å². The minimum absolute atomic E-state index is 0.159. The van der Waals surface area contributed by atoms with Crippen molar-refractivity contribution in [1.82, 2.24) is 15.0 Å². The summed E-state index contributed by atoms with van der Waals surface area (Å²) in [5.41, 5.74) is 5.88. The van der Waals surface area contributed by atoms with E-state index in [-0.39, 0.29) is 17.4 Å². The van der Waals surface area contributed by atoms with E-state index < -0.39 is 11.5 Å². The molecule has 0 aliphatic carbocycles. The van der Waals surface area contributed by atoms with Crippen LogP contribution in [0.2, 0.25) is 0 Å². The van der Waals surface area contributed by atoms with E-state index >= 15 is 0 Å². The molecule has 158 valence electrons. The van der Waals surface area contributed by atoms with Gasteiger partial charge in [-0.3, -0.25) is 9.59 Å². The minimum atomic E-state index is -0.944. The van der Waals surface area contributed by atoms with Gasteiger partial charge >= 0.3 is 0 Å². The zero-order valence-corrected chi connectivity index (χ0v) is 17.2. The van der Waals surface area contributed by atoms with Crippen LogP contribution in [0.25, 0.3) is 0 Å². The number of aromatic nitrogens is 3. The summed E-state index contributed by atoms with van der Waals surface area (Å²) in [5, 5.41) is 5.90. The molecule has 0 fully saturated rings. The highest BCUT2D eigenvalue weighted by molar-refractivity contribution is 6.01. The van der Waals surface area contributed by atoms with Crippen molar-refractivity contribution in [2.45, 2.75) is 19.4 Å². The minimum Gasteiger partial charge on any atom is -0.476 e. The van der Waals surface area contributed by atoms with Gasteiger partial charge in [0.2, 0.25) is 5.95 Å². The second-order valence-corrected chi connectivity index (χ2v) is 7.44. The smallest absolute Gasteiger partial charge is 0.268 e. The maximum Gasteiger partial charge on any atom is 0.268 e. The first-order valence-electron chi connectivity index (χ1n) is 9.48. The Morgan fingerprint density at radius 2 is 2.03 bits per heavy atom. The van der Waals surface area contributed by atoms with Crippen molar-refractivity contribution in [2.75, 3.05) is 22.6 Å². The van der Waals surface area contributed by atoms with Crippen molar-refractivity contribution < 1.29 is 14.3 Å². The fourth-order valence-corrected chi connectivity index (χ4v) is 3.04. The Labute approximate surface area is 178 Å². The SMILES string of the molecule is CN(c1ccccn1)c1nc(Nc2ccc3c(c2)NC(=O)C(C)(C)O3)ncc1C(N)=O. The van der Waals surface area contributed by atoms with Crippen molar-refractivity contribution in [2.24, 2.45) is 5.73 Å². The number of primary amides is 1. The number of nitrogens with one attached hydrogen (secondary N) is 2. The molecule has 0 radical (unpaired) electrons. The number of carbonyl (C=O) groups is 2. The van der Waals surface area contributed by atoms with E-state index in [4.69, 9.17) is 10.5 Å². The maximum absolute atomic E-state index is 12.2. The molecule has 10 nitrogen and oxygen atoms in total. The average Bonchev–Trinajstić information content (AvgIpc) is 2.74. The van der Waals surface area contributed by atoms with Crippen molar-refractivity contribution >= 4 is 40.8 Å². The third kappa shape index (κ3) is 3.95. The molecule has 4 N–H and O–H groups in total. The number of fused-ring (bicyclic) bond motifs is 1. The topological polar surface area (TPSA) is 135 Å². The van der Waals surface area contributed by atoms with E-state index in [0.717, 1.165) is 0 Å². The fraction of sp³-hybridized carbons (Fsp3) is 0.190. The molecular weight excluding hydrogens is 398 g/mol. The van der Waals surface area contributed by atoms with E-state index in [1.54, 1.807) is 62.3 Å². The van der Waals surface area contributed by atoms with Crippen LogP contribution in [0.15, 0.2) is 48.8 Å². The first-order chi connectivity index (χ1) is 14.7. The number of anilines is 5. The van der Waals surface area contributed by atoms with Crippen LogP contribution >= 0.6 is 0 Å². The van der Waals surface area contributed by atoms with Crippen molar-refractivity contribution in [3.63, 3.8) is 0 Å². The Morgan fingerprint density at radius 1 is 1.23 bits per heavy atom. The van der Waals surface area contributed by atoms with Gasteiger partial charge in [-0.05, 0) is 44.2 Å². The lowest BCUT2D eigenvalue weighted by molar-refractivity contribution is -0.129. The first kappa shape index (κ1) is 20.1. The maximum atomic E-state index is 12.2. The number of hydrogen-bond acceptors (Lipinski definition) is 8. The largest absolute Gasteiger partial charge is 0.476 e. The van der Waals surface area contributed by atoms with E-state index in [2.05, 4.69) is 25.6 Å². The highest BCUT2D eigenvalue weighted by Crippen LogP contribution is 2.36. The molecule has 0 bridgehead atoms. The first-order valence-corrected chi connectivity index (χ1v) is 9.48. The molecule has 2 aromatic heterocycles. The summed E-state index contributed by atoms with van der Waals surface area (Å²) in [4.78, 5) is 38.6. The molecule has 0 atom stereocenters. The van der Waals surface area contributed by atoms with Gasteiger partial charge in [0.15, 0.2) is 11.4 Å². The van der Waals surface area contributed by atoms with Crippen LogP contribution in [-0.4, -0.2) is 39.4 Å². The van der Waals surface area contributed by atoms with E-state index in [1.165, 1.54) is 6.20 Å². The molecule has 0 saturated carbocycles. The number of nitrogens with two attached hydrogens (primary N) is 1. The third-order valence-electron chi connectivity index (χ3n) is 4.74. The molecule has 2 amide bonds. The predicted molar refractivity (Wildman–Crippen MR) is 116 cm³/mol. The molecule has 0 unspecified atom stereocenters. The van der Waals surface area contributed by atoms with Crippen LogP contribution in [0, 0.1) is 0 Å². The number of ether oxygens (including phenoxy) is 1. The quantitative estimate of drug-likeness (QED) is 0.574. The number of hydrogen-bond donors (Lipinski definition) is 3. The zero-order valence-electron chi connectivity index (χ0n) is 17.2. The lowest BCUT2D eigenvalue weighted by Crippen LogP contribution is -2.45. The summed E-state index contributed by atoms with van der Waals surface area (Å²) in [5.74, 6) is 0.812. The number of rotatable bonds is 5. The van der Waals surface area contributed by atoms with Crippen LogP contribution in [-0.2, 0) is 4.79 Å². The fourth-order valence-electron chi connectivity index (χ4n) is 3.04. The van der Waals surface area contributed by atoms with Gasteiger partial charge in [-0.1, -0.05) is 6.07 Å². The molecule has 1 aliphatic heterocycles. The van der Waals surface area contributed by atoms with E-state index in [9.17, 15) is 9.59 Å². The van der Waals surface area contributed by atoms with Crippen molar-refractivity contribution in [3.8, 4) is 5.75 Å². The van der Waals surface area contributed by atoms with Gasteiger partial charge in [0.05, 0.1) is 5.69 Å². The van der Waals surface area contributed by atoms with Gasteiger partial charge in [-0.15, -0.1) is 0 Å². The van der Waals surface area contributed by atoms with E-state index in [0.29, 0.717) is 28.8 Å². The summed E-state index contributed by atoms with van der Waals surface area (Å²) < 4.78 is 5.74.